The molecule has 33 heavy (non-hydrogen) atoms. The molecule has 3 aromatic rings. The monoisotopic (exact) mass is 469 g/mol. The predicted molar refractivity (Wildman–Crippen MR) is 126 cm³/mol. The maximum Gasteiger partial charge on any atom is 0.255 e. The number of rotatable bonds is 10. The van der Waals surface area contributed by atoms with Crippen LogP contribution >= 0.6 is 0 Å². The van der Waals surface area contributed by atoms with Gasteiger partial charge in [0.1, 0.15) is 6.61 Å². The minimum absolute atomic E-state index is 0.0778. The van der Waals surface area contributed by atoms with Crippen LogP contribution in [-0.4, -0.2) is 43.8 Å². The van der Waals surface area contributed by atoms with E-state index in [9.17, 15) is 13.2 Å². The first-order valence-corrected chi connectivity index (χ1v) is 11.9. The van der Waals surface area contributed by atoms with Crippen molar-refractivity contribution in [2.24, 2.45) is 0 Å². The van der Waals surface area contributed by atoms with E-state index in [1.54, 1.807) is 56.6 Å². The Morgan fingerprint density at radius 1 is 1.03 bits per heavy atom. The van der Waals surface area contributed by atoms with Crippen LogP contribution in [-0.2, 0) is 16.6 Å². The van der Waals surface area contributed by atoms with Crippen LogP contribution in [0.4, 0.5) is 5.69 Å². The van der Waals surface area contributed by atoms with Crippen molar-refractivity contribution in [1.29, 1.82) is 0 Å². The zero-order valence-corrected chi connectivity index (χ0v) is 19.6. The van der Waals surface area contributed by atoms with Crippen LogP contribution < -0.4 is 14.8 Å². The molecule has 8 nitrogen and oxygen atoms in total. The van der Waals surface area contributed by atoms with E-state index in [0.717, 1.165) is 5.56 Å². The molecule has 0 unspecified atom stereocenters. The van der Waals surface area contributed by atoms with Crippen molar-refractivity contribution in [3.63, 3.8) is 0 Å². The summed E-state index contributed by atoms with van der Waals surface area (Å²) in [6.07, 6.45) is 3.39. The van der Waals surface area contributed by atoms with Gasteiger partial charge in [-0.05, 0) is 36.4 Å². The van der Waals surface area contributed by atoms with Gasteiger partial charge in [-0.3, -0.25) is 9.78 Å². The first kappa shape index (κ1) is 24.2. The van der Waals surface area contributed by atoms with E-state index in [-0.39, 0.29) is 17.1 Å². The lowest BCUT2D eigenvalue weighted by atomic mass is 10.2. The van der Waals surface area contributed by atoms with E-state index in [0.29, 0.717) is 30.3 Å². The molecule has 174 valence electrons. The second-order valence-electron chi connectivity index (χ2n) is 7.09. The lowest BCUT2D eigenvalue weighted by Crippen LogP contribution is -2.30. The molecule has 0 bridgehead atoms. The average molecular weight is 470 g/mol. The summed E-state index contributed by atoms with van der Waals surface area (Å²) in [7, 11) is -2.13. The third-order valence-electron chi connectivity index (χ3n) is 4.98. The van der Waals surface area contributed by atoms with Crippen molar-refractivity contribution < 1.29 is 22.7 Å². The Bertz CT molecular complexity index is 1200. The molecule has 0 radical (unpaired) electrons. The quantitative estimate of drug-likeness (QED) is 0.483. The normalized spacial score (nSPS) is 11.3. The van der Waals surface area contributed by atoms with Crippen LogP contribution in [0.1, 0.15) is 29.8 Å². The summed E-state index contributed by atoms with van der Waals surface area (Å²) < 4.78 is 38.1. The van der Waals surface area contributed by atoms with Crippen LogP contribution in [0.25, 0.3) is 0 Å². The molecule has 0 saturated carbocycles. The number of ether oxygens (including phenoxy) is 2. The number of sulfonamides is 1. The fourth-order valence-electron chi connectivity index (χ4n) is 3.23. The summed E-state index contributed by atoms with van der Waals surface area (Å²) in [6, 6.07) is 14.7. The maximum absolute atomic E-state index is 12.8. The topological polar surface area (TPSA) is 97.8 Å². The highest BCUT2D eigenvalue weighted by Gasteiger charge is 2.22. The molecular weight excluding hydrogens is 442 g/mol. The van der Waals surface area contributed by atoms with Gasteiger partial charge < -0.3 is 14.8 Å². The highest BCUT2D eigenvalue weighted by atomic mass is 32.2. The van der Waals surface area contributed by atoms with Gasteiger partial charge in [0.2, 0.25) is 10.0 Å². The molecule has 1 aromatic heterocycles. The van der Waals surface area contributed by atoms with Gasteiger partial charge in [-0.25, -0.2) is 8.42 Å². The number of anilines is 1. The minimum Gasteiger partial charge on any atom is -0.493 e. The molecule has 0 atom stereocenters. The number of hydrogen-bond acceptors (Lipinski definition) is 6. The van der Waals surface area contributed by atoms with Crippen LogP contribution in [0, 0.1) is 0 Å². The first-order chi connectivity index (χ1) is 15.9. The van der Waals surface area contributed by atoms with Crippen molar-refractivity contribution in [2.75, 3.05) is 25.5 Å². The standard InChI is InChI=1S/C24H27N3O5S/c1-4-27(5-2)33(29,30)21-10-6-9-19(14-21)24(28)26-20-11-12-22(31-3)23(15-20)32-17-18-8-7-13-25-16-18/h6-16H,4-5,17H2,1-3H3,(H,26,28). The third-order valence-corrected chi connectivity index (χ3v) is 7.02. The molecule has 0 aliphatic heterocycles. The Hall–Kier alpha value is -3.43. The van der Waals surface area contributed by atoms with Gasteiger partial charge in [0.25, 0.3) is 5.91 Å². The Balaban J connectivity index is 1.79. The van der Waals surface area contributed by atoms with Crippen molar-refractivity contribution in [1.82, 2.24) is 9.29 Å². The maximum atomic E-state index is 12.8. The molecule has 1 amide bonds. The molecule has 3 rings (SSSR count). The number of methoxy groups -OCH3 is 1. The van der Waals surface area contributed by atoms with E-state index in [1.165, 1.54) is 23.5 Å². The molecule has 0 aliphatic rings. The molecule has 2 aromatic carbocycles. The highest BCUT2D eigenvalue weighted by Crippen LogP contribution is 2.31. The zero-order valence-electron chi connectivity index (χ0n) is 18.8. The first-order valence-electron chi connectivity index (χ1n) is 10.5. The molecule has 0 fully saturated rings. The number of pyridine rings is 1. The minimum atomic E-state index is -3.67. The number of carbonyl (C=O) groups is 1. The Morgan fingerprint density at radius 2 is 1.82 bits per heavy atom. The Morgan fingerprint density at radius 3 is 2.48 bits per heavy atom. The van der Waals surface area contributed by atoms with E-state index in [4.69, 9.17) is 9.47 Å². The summed E-state index contributed by atoms with van der Waals surface area (Å²) in [6.45, 7) is 4.53. The van der Waals surface area contributed by atoms with Crippen molar-refractivity contribution in [3.8, 4) is 11.5 Å². The zero-order chi connectivity index (χ0) is 23.8. The van der Waals surface area contributed by atoms with Gasteiger partial charge in [0, 0.05) is 48.4 Å². The van der Waals surface area contributed by atoms with Gasteiger partial charge in [0.15, 0.2) is 11.5 Å². The summed E-state index contributed by atoms with van der Waals surface area (Å²) >= 11 is 0. The van der Waals surface area contributed by atoms with Crippen LogP contribution in [0.3, 0.4) is 0 Å². The number of carbonyl (C=O) groups excluding carboxylic acids is 1. The van der Waals surface area contributed by atoms with Gasteiger partial charge in [0.05, 0.1) is 12.0 Å². The molecule has 1 N–H and O–H groups in total. The highest BCUT2D eigenvalue weighted by molar-refractivity contribution is 7.89. The third kappa shape index (κ3) is 5.88. The SMILES string of the molecule is CCN(CC)S(=O)(=O)c1cccc(C(=O)Nc2ccc(OC)c(OCc3cccnc3)c2)c1. The van der Waals surface area contributed by atoms with E-state index in [1.807, 2.05) is 12.1 Å². The van der Waals surface area contributed by atoms with Crippen molar-refractivity contribution in [2.45, 2.75) is 25.3 Å². The van der Waals surface area contributed by atoms with Crippen molar-refractivity contribution >= 4 is 21.6 Å². The van der Waals surface area contributed by atoms with Gasteiger partial charge in [-0.15, -0.1) is 0 Å². The van der Waals surface area contributed by atoms with E-state index in [2.05, 4.69) is 10.3 Å². The number of amides is 1. The molecule has 0 aliphatic carbocycles. The molecule has 0 saturated heterocycles. The molecular formula is C24H27N3O5S. The van der Waals surface area contributed by atoms with Crippen LogP contribution in [0.15, 0.2) is 71.9 Å². The smallest absolute Gasteiger partial charge is 0.255 e. The summed E-state index contributed by atoms with van der Waals surface area (Å²) in [5.41, 5.74) is 1.61. The summed E-state index contributed by atoms with van der Waals surface area (Å²) in [5.74, 6) is 0.538. The Kier molecular flexibility index (Phi) is 8.02. The molecule has 9 heteroatoms. The summed E-state index contributed by atoms with van der Waals surface area (Å²) in [4.78, 5) is 17.0. The Labute approximate surface area is 194 Å². The van der Waals surface area contributed by atoms with Gasteiger partial charge >= 0.3 is 0 Å². The second kappa shape index (κ2) is 10.9. The number of nitrogens with zero attached hydrogens (tertiary/aromatic N) is 2. The predicted octanol–water partition coefficient (Wildman–Crippen LogP) is 3.95. The fraction of sp³-hybridized carbons (Fsp3) is 0.250. The number of aromatic nitrogens is 1. The second-order valence-corrected chi connectivity index (χ2v) is 9.02. The van der Waals surface area contributed by atoms with Gasteiger partial charge in [-0.1, -0.05) is 26.0 Å². The van der Waals surface area contributed by atoms with Crippen LogP contribution in [0.2, 0.25) is 0 Å². The summed E-state index contributed by atoms with van der Waals surface area (Å²) in [5, 5.41) is 2.79. The van der Waals surface area contributed by atoms with Crippen LogP contribution in [0.5, 0.6) is 11.5 Å². The largest absolute Gasteiger partial charge is 0.493 e. The van der Waals surface area contributed by atoms with E-state index < -0.39 is 15.9 Å². The number of hydrogen-bond donors (Lipinski definition) is 1. The lowest BCUT2D eigenvalue weighted by molar-refractivity contribution is 0.102. The average Bonchev–Trinajstić information content (AvgIpc) is 2.84. The van der Waals surface area contributed by atoms with Crippen molar-refractivity contribution in [3.05, 3.63) is 78.1 Å². The number of benzene rings is 2. The fourth-order valence-corrected chi connectivity index (χ4v) is 4.73. The molecule has 1 heterocycles. The molecule has 0 spiro atoms. The number of nitrogens with one attached hydrogen (secondary N) is 1. The lowest BCUT2D eigenvalue weighted by Gasteiger charge is -2.18. The van der Waals surface area contributed by atoms with E-state index >= 15 is 0 Å². The van der Waals surface area contributed by atoms with Gasteiger partial charge in [-0.2, -0.15) is 4.31 Å².